The third-order valence-electron chi connectivity index (χ3n) is 29.9. The van der Waals surface area contributed by atoms with Crippen molar-refractivity contribution in [3.63, 3.8) is 0 Å². The third kappa shape index (κ3) is 34.9. The summed E-state index contributed by atoms with van der Waals surface area (Å²) in [7, 11) is 1.58. The van der Waals surface area contributed by atoms with E-state index in [0.717, 1.165) is 266 Å². The van der Waals surface area contributed by atoms with Gasteiger partial charge in [0.15, 0.2) is 26.4 Å². The van der Waals surface area contributed by atoms with Crippen molar-refractivity contribution in [3.05, 3.63) is 117 Å². The van der Waals surface area contributed by atoms with Crippen LogP contribution in [0.3, 0.4) is 0 Å². The Bertz CT molecular complexity index is 4160. The van der Waals surface area contributed by atoms with E-state index in [-0.39, 0.29) is 148 Å². The van der Waals surface area contributed by atoms with Crippen LogP contribution in [0.15, 0.2) is 72.8 Å². The van der Waals surface area contributed by atoms with Crippen molar-refractivity contribution in [1.82, 2.24) is 0 Å². The van der Waals surface area contributed by atoms with Crippen molar-refractivity contribution in [2.45, 2.75) is 367 Å². The summed E-state index contributed by atoms with van der Waals surface area (Å²) in [6.07, 6.45) is 33.9. The van der Waals surface area contributed by atoms with Crippen LogP contribution in [0.5, 0.6) is 23.0 Å². The molecule has 0 radical (unpaired) electrons. The van der Waals surface area contributed by atoms with Crippen LogP contribution in [0.4, 0.5) is 0 Å². The second-order valence-corrected chi connectivity index (χ2v) is 40.2. The van der Waals surface area contributed by atoms with Gasteiger partial charge in [-0.3, -0.25) is 19.2 Å². The predicted molar refractivity (Wildman–Crippen MR) is 512 cm³/mol. The average Bonchev–Trinajstić information content (AvgIpc) is 1.63. The molecule has 754 valence electrons. The summed E-state index contributed by atoms with van der Waals surface area (Å²) < 4.78 is 50.3. The summed E-state index contributed by atoms with van der Waals surface area (Å²) in [5.74, 6) is 1.82. The fourth-order valence-corrected chi connectivity index (χ4v) is 23.3. The van der Waals surface area contributed by atoms with Crippen LogP contribution in [-0.2, 0) is 113 Å². The number of carbonyl (C=O) groups is 8. The summed E-state index contributed by atoms with van der Waals surface area (Å²) >= 11 is 0. The Morgan fingerprint density at radius 3 is 0.837 bits per heavy atom. The molecule has 0 spiro atoms. The maximum absolute atomic E-state index is 12.3. The Morgan fingerprint density at radius 2 is 0.593 bits per heavy atom. The first-order valence-corrected chi connectivity index (χ1v) is 51.5. The van der Waals surface area contributed by atoms with E-state index in [0.29, 0.717) is 89.8 Å². The number of fused-ring (bicyclic) bond motifs is 8. The molecular weight excluding hydrogens is 1730 g/mol. The first-order chi connectivity index (χ1) is 65.0. The Labute approximate surface area is 801 Å². The molecule has 0 heterocycles. The molecule has 0 saturated heterocycles. The van der Waals surface area contributed by atoms with E-state index >= 15 is 0 Å². The van der Waals surface area contributed by atoms with Gasteiger partial charge in [-0.1, -0.05) is 155 Å². The van der Waals surface area contributed by atoms with E-state index in [1.165, 1.54) is 22.3 Å². The molecule has 0 bridgehead atoms. The van der Waals surface area contributed by atoms with E-state index in [4.69, 9.17) is 68.2 Å². The van der Waals surface area contributed by atoms with Gasteiger partial charge in [0.2, 0.25) is 0 Å². The Kier molecular flexibility index (Phi) is 47.2. The van der Waals surface area contributed by atoms with Gasteiger partial charge in [-0.25, -0.2) is 19.2 Å². The molecular formula is C109H162O26. The van der Waals surface area contributed by atoms with E-state index in [1.54, 1.807) is 7.11 Å². The molecule has 12 rings (SSSR count). The minimum absolute atomic E-state index is 0.0180. The maximum Gasteiger partial charge on any atom is 0.341 e. The molecule has 4 aromatic carbocycles. The number of hydrogen-bond donors (Lipinski definition) is 9. The first-order valence-electron chi connectivity index (χ1n) is 51.5. The molecule has 26 nitrogen and oxygen atoms in total. The normalized spacial score (nSPS) is 24.3. The molecule has 0 unspecified atom stereocenters. The highest BCUT2D eigenvalue weighted by Crippen LogP contribution is 2.54. The SMILES string of the molecule is CCCCC[C@@H](CC[C@@H]1[C@H]2Cc3cccc(OCC(=O)O)c3C[C@H]2C[C@H]1O)OC(=O)CC(C)C.CCCCC[C@@H](CC[C@@H]1[C@H]2Cc3cccc(OCC(=O)O)c3C[C@H]2C[C@H]1O)OC(=O)CCCC.CCCCC[C@@H](CC[C@@H]1[C@H]2Cc3cccc(OCC(=O)O)c3C[C@H]2C[C@H]1O)OC(=O)CCO.CCCCC[C@@H](CC[C@@H]1[C@H]2Cc3cccc(OCC(=O)O)c3C[C@H]2C[C@H]1O)OC(=O)CCOC. The lowest BCUT2D eigenvalue weighted by Gasteiger charge is -2.32. The summed E-state index contributed by atoms with van der Waals surface area (Å²) in [5, 5.41) is 88.6. The van der Waals surface area contributed by atoms with E-state index in [2.05, 4.69) is 58.9 Å². The second-order valence-electron chi connectivity index (χ2n) is 40.2. The molecule has 4 fully saturated rings. The number of esters is 4. The number of aliphatic carboxylic acids is 4. The van der Waals surface area contributed by atoms with E-state index < -0.39 is 23.9 Å². The molecule has 0 aliphatic heterocycles. The van der Waals surface area contributed by atoms with Gasteiger partial charge in [0.25, 0.3) is 0 Å². The number of aliphatic hydroxyl groups is 5. The number of benzene rings is 4. The van der Waals surface area contributed by atoms with Crippen LogP contribution in [0.1, 0.15) is 311 Å². The van der Waals surface area contributed by atoms with Crippen LogP contribution in [0.2, 0.25) is 0 Å². The van der Waals surface area contributed by atoms with E-state index in [1.807, 2.05) is 62.4 Å². The van der Waals surface area contributed by atoms with Crippen molar-refractivity contribution in [3.8, 4) is 23.0 Å². The van der Waals surface area contributed by atoms with Crippen LogP contribution in [-0.4, -0.2) is 189 Å². The number of unbranched alkanes of at least 4 members (excludes halogenated alkanes) is 9. The second kappa shape index (κ2) is 57.8. The summed E-state index contributed by atoms with van der Waals surface area (Å²) in [6.45, 7) is 13.6. The molecule has 9 N–H and O–H groups in total. The predicted octanol–water partition coefficient (Wildman–Crippen LogP) is 18.2. The minimum Gasteiger partial charge on any atom is -0.482 e. The van der Waals surface area contributed by atoms with Gasteiger partial charge in [0, 0.05) is 20.0 Å². The molecule has 4 aromatic rings. The number of carboxylic acids is 4. The summed E-state index contributed by atoms with van der Waals surface area (Å²) in [5.41, 5.74) is 9.12. The molecule has 4 saturated carbocycles. The fraction of sp³-hybridized carbons (Fsp3) is 0.706. The zero-order chi connectivity index (χ0) is 97.5. The fourth-order valence-electron chi connectivity index (χ4n) is 23.3. The zero-order valence-electron chi connectivity index (χ0n) is 82.0. The number of methoxy groups -OCH3 is 1. The molecule has 26 heteroatoms. The van der Waals surface area contributed by atoms with Crippen molar-refractivity contribution in [1.29, 1.82) is 0 Å². The highest BCUT2D eigenvalue weighted by Gasteiger charge is 2.50. The zero-order valence-corrected chi connectivity index (χ0v) is 82.0. The van der Waals surface area contributed by atoms with Crippen LogP contribution in [0.25, 0.3) is 0 Å². The highest BCUT2D eigenvalue weighted by atomic mass is 16.6. The van der Waals surface area contributed by atoms with Crippen molar-refractivity contribution in [2.24, 2.45) is 76.9 Å². The van der Waals surface area contributed by atoms with Crippen molar-refractivity contribution >= 4 is 47.8 Å². The van der Waals surface area contributed by atoms with Crippen molar-refractivity contribution in [2.75, 3.05) is 46.8 Å². The monoisotopic (exact) mass is 1890 g/mol. The molecule has 0 aromatic heterocycles. The highest BCUT2D eigenvalue weighted by molar-refractivity contribution is 5.72. The molecule has 8 aliphatic carbocycles. The van der Waals surface area contributed by atoms with Crippen LogP contribution in [0, 0.1) is 76.9 Å². The lowest BCUT2D eigenvalue weighted by atomic mass is 9.73. The van der Waals surface area contributed by atoms with Gasteiger partial charge in [-0.2, -0.15) is 0 Å². The van der Waals surface area contributed by atoms with Crippen LogP contribution >= 0.6 is 0 Å². The standard InChI is InChI=1S/2C28H42O6.C27H40O7.C26H38O7/c1-4-5-6-9-21(34-28(32)13-18(2)3)11-12-22-23-14-19-8-7-10-26(33-17-27(30)31)24(19)15-20(23)16-25(22)29;1-3-5-7-10-21(34-28(32)12-6-4-2)13-14-22-23-15-19-9-8-11-26(33-18-27(30)31)24(19)16-20(23)17-25(22)29;1-3-4-5-8-20(34-27(31)12-13-32-2)10-11-21-22-14-18-7-6-9-25(33-17-26(29)30)23(18)15-19(22)16-24(21)28;1-2-3-4-7-19(33-26(31)11-12-27)9-10-20-21-13-17-6-5-8-24(32-16-25(29)30)22(17)14-18(21)15-23(20)28/h7-8,10,18,20-23,25,29H,4-6,9,11-17H2,1-3H3,(H,30,31);8-9,11,20-23,25,29H,3-7,10,12-18H2,1-2H3,(H,30,31);6-7,9,19-22,24,28H,3-5,8,10-17H2,1-2H3,(H,29,30);5-6,8,18-21,23,27-28H,2-4,7,9-16H2,1H3,(H,29,30)/t2*20-,21-,22+,23-,25+;19-,20-,21+,22-,24+;18-,19-,20+,21-,23+/m0000/s1. The van der Waals surface area contributed by atoms with E-state index in [9.17, 15) is 58.8 Å². The molecule has 0 amide bonds. The van der Waals surface area contributed by atoms with Crippen LogP contribution < -0.4 is 18.9 Å². The number of rotatable bonds is 54. The number of carbonyl (C=O) groups excluding carboxylic acids is 4. The number of carboxylic acid groups (broad SMARTS) is 4. The van der Waals surface area contributed by atoms with Crippen molar-refractivity contribution < 1.29 is 127 Å². The molecule has 20 atom stereocenters. The number of ether oxygens (including phenoxy) is 9. The number of hydrogen-bond acceptors (Lipinski definition) is 22. The Hall–Kier alpha value is -8.40. The maximum atomic E-state index is 12.3. The Balaban J connectivity index is 0.000000202. The lowest BCUT2D eigenvalue weighted by Crippen LogP contribution is -2.29. The average molecular weight is 1890 g/mol. The van der Waals surface area contributed by atoms with Gasteiger partial charge < -0.3 is 88.6 Å². The third-order valence-corrected chi connectivity index (χ3v) is 29.9. The summed E-state index contributed by atoms with van der Waals surface area (Å²) in [6, 6.07) is 23.4. The summed E-state index contributed by atoms with van der Waals surface area (Å²) in [4.78, 5) is 92.5. The minimum atomic E-state index is -0.995. The van der Waals surface area contributed by atoms with Gasteiger partial charge in [0.05, 0.1) is 50.5 Å². The quantitative estimate of drug-likeness (QED) is 0.0113. The topological polar surface area (TPSA) is 402 Å². The Morgan fingerprint density at radius 1 is 0.333 bits per heavy atom. The molecule has 8 aliphatic rings. The van der Waals surface area contributed by atoms with Gasteiger partial charge in [-0.15, -0.1) is 0 Å². The lowest BCUT2D eigenvalue weighted by molar-refractivity contribution is -0.152. The van der Waals surface area contributed by atoms with Gasteiger partial charge in [-0.05, 0) is 332 Å². The number of aliphatic hydroxyl groups excluding tert-OH is 5. The van der Waals surface area contributed by atoms with Gasteiger partial charge in [0.1, 0.15) is 47.4 Å². The largest absolute Gasteiger partial charge is 0.482 e. The van der Waals surface area contributed by atoms with Gasteiger partial charge >= 0.3 is 47.8 Å². The smallest absolute Gasteiger partial charge is 0.341 e. The molecule has 135 heavy (non-hydrogen) atoms. The first kappa shape index (κ1) is 110.